The van der Waals surface area contributed by atoms with Crippen molar-refractivity contribution in [3.63, 3.8) is 0 Å². The maximum atomic E-state index is 14.1. The molecule has 2 aromatic carbocycles. The Kier molecular flexibility index (Phi) is 5.68. The third kappa shape index (κ3) is 4.07. The maximum absolute atomic E-state index is 14.1. The van der Waals surface area contributed by atoms with Crippen LogP contribution in [-0.2, 0) is 13.2 Å². The molecular weight excluding hydrogens is 389 g/mol. The molecule has 0 spiro atoms. The Morgan fingerprint density at radius 2 is 1.61 bits per heavy atom. The van der Waals surface area contributed by atoms with Gasteiger partial charge in [0.1, 0.15) is 12.4 Å². The molecule has 0 amide bonds. The zero-order valence-corrected chi connectivity index (χ0v) is 18.7. The third-order valence-electron chi connectivity index (χ3n) is 8.21. The fourth-order valence-corrected chi connectivity index (χ4v) is 6.98. The van der Waals surface area contributed by atoms with Gasteiger partial charge in [-0.3, -0.25) is 0 Å². The van der Waals surface area contributed by atoms with Crippen LogP contribution in [0.4, 0.5) is 4.39 Å². The van der Waals surface area contributed by atoms with Gasteiger partial charge in [0, 0.05) is 23.7 Å². The number of nitrogens with one attached hydrogen (secondary N) is 1. The summed E-state index contributed by atoms with van der Waals surface area (Å²) < 4.78 is 25.7. The summed E-state index contributed by atoms with van der Waals surface area (Å²) in [6.45, 7) is 3.30. The molecule has 4 fully saturated rings. The van der Waals surface area contributed by atoms with Gasteiger partial charge in [-0.15, -0.1) is 0 Å². The summed E-state index contributed by atoms with van der Waals surface area (Å²) in [6.07, 6.45) is 8.58. The first-order valence-electron chi connectivity index (χ1n) is 11.8. The minimum Gasteiger partial charge on any atom is -0.493 e. The summed E-state index contributed by atoms with van der Waals surface area (Å²) in [5, 5.41) is 3.85. The number of ether oxygens (including phenoxy) is 2. The van der Waals surface area contributed by atoms with Gasteiger partial charge >= 0.3 is 0 Å². The zero-order valence-electron chi connectivity index (χ0n) is 18.7. The first kappa shape index (κ1) is 20.8. The minimum absolute atomic E-state index is 0.185. The quantitative estimate of drug-likeness (QED) is 0.556. The fraction of sp³-hybridized carbons (Fsp3) is 0.556. The van der Waals surface area contributed by atoms with Crippen molar-refractivity contribution >= 4 is 0 Å². The van der Waals surface area contributed by atoms with E-state index in [1.165, 1.54) is 44.6 Å². The first-order valence-corrected chi connectivity index (χ1v) is 11.8. The van der Waals surface area contributed by atoms with E-state index in [1.54, 1.807) is 19.2 Å². The molecule has 0 aliphatic heterocycles. The van der Waals surface area contributed by atoms with E-state index in [1.807, 2.05) is 18.2 Å². The molecule has 166 valence electrons. The minimum atomic E-state index is -0.243. The molecule has 1 atom stereocenters. The highest BCUT2D eigenvalue weighted by atomic mass is 19.1. The number of halogens is 1. The largest absolute Gasteiger partial charge is 0.493 e. The molecule has 4 aliphatic rings. The summed E-state index contributed by atoms with van der Waals surface area (Å²) >= 11 is 0. The Morgan fingerprint density at radius 3 is 2.26 bits per heavy atom. The van der Waals surface area contributed by atoms with Crippen molar-refractivity contribution in [2.24, 2.45) is 23.2 Å². The molecular formula is C27H34FNO2. The van der Waals surface area contributed by atoms with Crippen molar-refractivity contribution in [2.45, 2.75) is 64.6 Å². The van der Waals surface area contributed by atoms with Crippen LogP contribution in [0.1, 0.15) is 56.6 Å². The number of rotatable bonds is 8. The fourth-order valence-electron chi connectivity index (χ4n) is 6.98. The molecule has 0 heterocycles. The molecule has 3 nitrogen and oxygen atoms in total. The van der Waals surface area contributed by atoms with Gasteiger partial charge in [0.25, 0.3) is 0 Å². The Morgan fingerprint density at radius 1 is 0.968 bits per heavy atom. The highest BCUT2D eigenvalue weighted by Gasteiger charge is 2.52. The van der Waals surface area contributed by atoms with E-state index in [4.69, 9.17) is 9.47 Å². The van der Waals surface area contributed by atoms with Crippen LogP contribution in [-0.4, -0.2) is 13.2 Å². The van der Waals surface area contributed by atoms with Crippen molar-refractivity contribution in [3.8, 4) is 11.5 Å². The van der Waals surface area contributed by atoms with Crippen molar-refractivity contribution in [1.29, 1.82) is 0 Å². The van der Waals surface area contributed by atoms with Crippen LogP contribution in [0, 0.1) is 29.0 Å². The van der Waals surface area contributed by atoms with Crippen LogP contribution in [0.3, 0.4) is 0 Å². The zero-order chi connectivity index (χ0) is 21.4. The van der Waals surface area contributed by atoms with E-state index >= 15 is 0 Å². The van der Waals surface area contributed by atoms with Crippen molar-refractivity contribution < 1.29 is 13.9 Å². The van der Waals surface area contributed by atoms with E-state index < -0.39 is 0 Å². The lowest BCUT2D eigenvalue weighted by atomic mass is 9.48. The maximum Gasteiger partial charge on any atom is 0.166 e. The third-order valence-corrected chi connectivity index (χ3v) is 8.21. The number of methoxy groups -OCH3 is 1. The van der Waals surface area contributed by atoms with Gasteiger partial charge in [-0.25, -0.2) is 4.39 Å². The Bertz CT molecular complexity index is 892. The van der Waals surface area contributed by atoms with Gasteiger partial charge in [-0.2, -0.15) is 0 Å². The van der Waals surface area contributed by atoms with Crippen LogP contribution in [0.15, 0.2) is 42.5 Å². The smallest absolute Gasteiger partial charge is 0.166 e. The normalized spacial score (nSPS) is 29.7. The van der Waals surface area contributed by atoms with Gasteiger partial charge in [-0.05, 0) is 80.8 Å². The monoisotopic (exact) mass is 423 g/mol. The molecule has 1 N–H and O–H groups in total. The number of hydrogen-bond donors (Lipinski definition) is 1. The molecule has 0 saturated heterocycles. The molecule has 0 radical (unpaired) electrons. The predicted octanol–water partition coefficient (Wildman–Crippen LogP) is 6.11. The summed E-state index contributed by atoms with van der Waals surface area (Å²) in [6, 6.07) is 13.2. The average molecular weight is 424 g/mol. The molecule has 4 bridgehead atoms. The van der Waals surface area contributed by atoms with E-state index in [-0.39, 0.29) is 12.4 Å². The van der Waals surface area contributed by atoms with E-state index in [0.717, 1.165) is 29.9 Å². The molecule has 0 aromatic heterocycles. The Hall–Kier alpha value is -2.07. The molecule has 4 heteroatoms. The van der Waals surface area contributed by atoms with Gasteiger partial charge in [-0.1, -0.05) is 30.3 Å². The van der Waals surface area contributed by atoms with Crippen LogP contribution < -0.4 is 14.8 Å². The lowest BCUT2D eigenvalue weighted by molar-refractivity contribution is -0.0706. The highest BCUT2D eigenvalue weighted by molar-refractivity contribution is 5.46. The van der Waals surface area contributed by atoms with Gasteiger partial charge in [0.15, 0.2) is 11.5 Å². The van der Waals surface area contributed by atoms with Crippen LogP contribution >= 0.6 is 0 Å². The van der Waals surface area contributed by atoms with Crippen molar-refractivity contribution in [3.05, 3.63) is 59.4 Å². The van der Waals surface area contributed by atoms with E-state index in [0.29, 0.717) is 28.5 Å². The molecule has 6 rings (SSSR count). The second-order valence-electron chi connectivity index (χ2n) is 10.2. The highest BCUT2D eigenvalue weighted by Crippen LogP contribution is 2.61. The molecule has 2 aromatic rings. The van der Waals surface area contributed by atoms with Crippen LogP contribution in [0.5, 0.6) is 11.5 Å². The molecule has 4 saturated carbocycles. The number of hydrogen-bond acceptors (Lipinski definition) is 3. The van der Waals surface area contributed by atoms with Crippen molar-refractivity contribution in [1.82, 2.24) is 5.32 Å². The summed E-state index contributed by atoms with van der Waals surface area (Å²) in [5.74, 6) is 4.01. The number of benzene rings is 2. The predicted molar refractivity (Wildman–Crippen MR) is 121 cm³/mol. The SMILES string of the molecule is COc1cccc(CN[C@@H](C)C23CC4CC(CC(C4)C2)C3)c1OCc1ccccc1F. The van der Waals surface area contributed by atoms with Gasteiger partial charge in [0.05, 0.1) is 7.11 Å². The lowest BCUT2D eigenvalue weighted by Gasteiger charge is -2.59. The Balaban J connectivity index is 1.29. The molecule has 0 unspecified atom stereocenters. The summed E-state index contributed by atoms with van der Waals surface area (Å²) in [5.41, 5.74) is 2.07. The Labute approximate surface area is 185 Å². The first-order chi connectivity index (χ1) is 15.1. The topological polar surface area (TPSA) is 30.5 Å². The standard InChI is InChI=1S/C27H34FNO2/c1-18(27-13-19-10-20(14-27)12-21(11-19)15-27)29-16-22-7-5-9-25(30-2)26(22)31-17-23-6-3-4-8-24(23)28/h3-9,18-21,29H,10-17H2,1-2H3/t18-,19?,20?,21?,27?/m0/s1. The summed E-state index contributed by atoms with van der Waals surface area (Å²) in [7, 11) is 1.65. The molecule has 4 aliphatic carbocycles. The van der Waals surface area contributed by atoms with Crippen LogP contribution in [0.2, 0.25) is 0 Å². The summed E-state index contributed by atoms with van der Waals surface area (Å²) in [4.78, 5) is 0. The lowest BCUT2D eigenvalue weighted by Crippen LogP contribution is -2.54. The average Bonchev–Trinajstić information content (AvgIpc) is 2.76. The van der Waals surface area contributed by atoms with Crippen molar-refractivity contribution in [2.75, 3.05) is 7.11 Å². The van der Waals surface area contributed by atoms with Gasteiger partial charge < -0.3 is 14.8 Å². The van der Waals surface area contributed by atoms with E-state index in [9.17, 15) is 4.39 Å². The second-order valence-corrected chi connectivity index (χ2v) is 10.2. The molecule has 31 heavy (non-hydrogen) atoms. The number of para-hydroxylation sites is 1. The van der Waals surface area contributed by atoms with E-state index in [2.05, 4.69) is 18.3 Å². The van der Waals surface area contributed by atoms with Crippen LogP contribution in [0.25, 0.3) is 0 Å². The van der Waals surface area contributed by atoms with Gasteiger partial charge in [0.2, 0.25) is 0 Å². The second kappa shape index (κ2) is 8.46.